The molecule has 2 aliphatic rings. The van der Waals surface area contributed by atoms with Gasteiger partial charge in [0.1, 0.15) is 0 Å². The standard InChI is InChI=1S/C19H27NO4/c1-4-6-15-11-17(21)20(18(22)16(15)5-2)12-13-7-9-14(10-8-13)19(23)24-3/h5-6,13-14H,4,7-12H2,1-3H3/b15-6-,16-5+. The largest absolute Gasteiger partial charge is 0.469 e. The third kappa shape index (κ3) is 3.94. The van der Waals surface area contributed by atoms with E-state index in [1.54, 1.807) is 6.08 Å². The monoisotopic (exact) mass is 333 g/mol. The first-order chi connectivity index (χ1) is 11.5. The molecule has 132 valence electrons. The summed E-state index contributed by atoms with van der Waals surface area (Å²) in [5.41, 5.74) is 1.50. The van der Waals surface area contributed by atoms with E-state index < -0.39 is 0 Å². The van der Waals surface area contributed by atoms with Gasteiger partial charge in [0.25, 0.3) is 5.91 Å². The van der Waals surface area contributed by atoms with Gasteiger partial charge in [0.05, 0.1) is 19.4 Å². The lowest BCUT2D eigenvalue weighted by Gasteiger charge is -2.34. The van der Waals surface area contributed by atoms with E-state index in [1.807, 2.05) is 19.9 Å². The summed E-state index contributed by atoms with van der Waals surface area (Å²) in [6, 6.07) is 0. The topological polar surface area (TPSA) is 63.7 Å². The zero-order chi connectivity index (χ0) is 17.7. The van der Waals surface area contributed by atoms with Crippen LogP contribution in [0.15, 0.2) is 23.3 Å². The number of carbonyl (C=O) groups is 3. The van der Waals surface area contributed by atoms with Gasteiger partial charge in [0.15, 0.2) is 0 Å². The van der Waals surface area contributed by atoms with Gasteiger partial charge in [-0.25, -0.2) is 0 Å². The number of rotatable bonds is 4. The Morgan fingerprint density at radius 2 is 1.92 bits per heavy atom. The van der Waals surface area contributed by atoms with Gasteiger partial charge < -0.3 is 4.74 Å². The number of methoxy groups -OCH3 is 1. The maximum Gasteiger partial charge on any atom is 0.308 e. The zero-order valence-corrected chi connectivity index (χ0v) is 14.8. The summed E-state index contributed by atoms with van der Waals surface area (Å²) in [7, 11) is 1.42. The molecule has 2 fully saturated rings. The van der Waals surface area contributed by atoms with Gasteiger partial charge in [0.2, 0.25) is 5.91 Å². The number of imide groups is 1. The third-order valence-corrected chi connectivity index (χ3v) is 5.03. The summed E-state index contributed by atoms with van der Waals surface area (Å²) >= 11 is 0. The Labute approximate surface area is 143 Å². The molecule has 1 heterocycles. The maximum atomic E-state index is 12.7. The summed E-state index contributed by atoms with van der Waals surface area (Å²) in [5, 5.41) is 0. The van der Waals surface area contributed by atoms with Crippen molar-refractivity contribution in [1.29, 1.82) is 0 Å². The lowest BCUT2D eigenvalue weighted by molar-refractivity contribution is -0.148. The van der Waals surface area contributed by atoms with Crippen LogP contribution in [0.4, 0.5) is 0 Å². The number of nitrogens with zero attached hydrogens (tertiary/aromatic N) is 1. The highest BCUT2D eigenvalue weighted by molar-refractivity contribution is 6.11. The SMILES string of the molecule is C/C=C1/C(=O)N(CC2CCC(C(=O)OC)CC2)C(=O)C/C1=C/CC. The van der Waals surface area contributed by atoms with E-state index in [0.29, 0.717) is 18.5 Å². The Bertz CT molecular complexity index is 568. The van der Waals surface area contributed by atoms with Crippen LogP contribution in [0.25, 0.3) is 0 Å². The van der Waals surface area contributed by atoms with E-state index in [-0.39, 0.29) is 29.6 Å². The third-order valence-electron chi connectivity index (χ3n) is 5.03. The van der Waals surface area contributed by atoms with Crippen LogP contribution >= 0.6 is 0 Å². The molecule has 24 heavy (non-hydrogen) atoms. The van der Waals surface area contributed by atoms with Crippen LogP contribution in [0, 0.1) is 11.8 Å². The molecule has 0 radical (unpaired) electrons. The first-order valence-electron chi connectivity index (χ1n) is 8.80. The molecule has 1 aliphatic carbocycles. The minimum atomic E-state index is -0.177. The molecular formula is C19H27NO4. The maximum absolute atomic E-state index is 12.7. The van der Waals surface area contributed by atoms with E-state index in [4.69, 9.17) is 4.74 Å². The van der Waals surface area contributed by atoms with Crippen molar-refractivity contribution in [1.82, 2.24) is 4.90 Å². The van der Waals surface area contributed by atoms with Gasteiger partial charge in [-0.05, 0) is 50.5 Å². The second-order valence-electron chi connectivity index (χ2n) is 6.57. The molecule has 5 nitrogen and oxygen atoms in total. The van der Waals surface area contributed by atoms with Gasteiger partial charge in [-0.3, -0.25) is 19.3 Å². The smallest absolute Gasteiger partial charge is 0.308 e. The first kappa shape index (κ1) is 18.4. The van der Waals surface area contributed by atoms with Gasteiger partial charge >= 0.3 is 5.97 Å². The number of hydrogen-bond acceptors (Lipinski definition) is 4. The van der Waals surface area contributed by atoms with Crippen LogP contribution in [0.3, 0.4) is 0 Å². The summed E-state index contributed by atoms with van der Waals surface area (Å²) in [4.78, 5) is 38.1. The highest BCUT2D eigenvalue weighted by atomic mass is 16.5. The van der Waals surface area contributed by atoms with E-state index in [9.17, 15) is 14.4 Å². The van der Waals surface area contributed by atoms with Crippen LogP contribution < -0.4 is 0 Å². The highest BCUT2D eigenvalue weighted by Gasteiger charge is 2.35. The minimum Gasteiger partial charge on any atom is -0.469 e. The lowest BCUT2D eigenvalue weighted by Crippen LogP contribution is -2.45. The second kappa shape index (κ2) is 8.27. The number of hydrogen-bond donors (Lipinski definition) is 0. The fourth-order valence-corrected chi connectivity index (χ4v) is 3.68. The highest BCUT2D eigenvalue weighted by Crippen LogP contribution is 2.32. The van der Waals surface area contributed by atoms with Gasteiger partial charge in [0, 0.05) is 12.1 Å². The molecule has 0 bridgehead atoms. The molecule has 2 rings (SSSR count). The number of carbonyl (C=O) groups excluding carboxylic acids is 3. The van der Waals surface area contributed by atoms with Crippen molar-refractivity contribution >= 4 is 17.8 Å². The summed E-state index contributed by atoms with van der Waals surface area (Å²) in [6.07, 6.45) is 8.11. The fourth-order valence-electron chi connectivity index (χ4n) is 3.68. The van der Waals surface area contributed by atoms with Gasteiger partial charge in [-0.2, -0.15) is 0 Å². The molecule has 1 saturated carbocycles. The number of likely N-dealkylation sites (tertiary alicyclic amines) is 1. The van der Waals surface area contributed by atoms with Crippen LogP contribution in [0.2, 0.25) is 0 Å². The summed E-state index contributed by atoms with van der Waals surface area (Å²) < 4.78 is 4.80. The van der Waals surface area contributed by atoms with Gasteiger partial charge in [-0.15, -0.1) is 0 Å². The molecule has 0 aromatic carbocycles. The molecule has 5 heteroatoms. The van der Waals surface area contributed by atoms with Crippen molar-refractivity contribution in [3.05, 3.63) is 23.3 Å². The number of amides is 2. The molecule has 0 aromatic heterocycles. The number of piperidine rings is 1. The predicted octanol–water partition coefficient (Wildman–Crippen LogP) is 3.01. The van der Waals surface area contributed by atoms with E-state index in [1.165, 1.54) is 12.0 Å². The molecule has 0 spiro atoms. The Morgan fingerprint density at radius 3 is 2.46 bits per heavy atom. The summed E-state index contributed by atoms with van der Waals surface area (Å²) in [5.74, 6) is -0.203. The Morgan fingerprint density at radius 1 is 1.25 bits per heavy atom. The van der Waals surface area contributed by atoms with Crippen LogP contribution in [-0.4, -0.2) is 36.3 Å². The lowest BCUT2D eigenvalue weighted by atomic mass is 9.81. The van der Waals surface area contributed by atoms with E-state index in [2.05, 4.69) is 0 Å². The normalized spacial score (nSPS) is 28.5. The number of allylic oxidation sites excluding steroid dienone is 2. The molecule has 0 atom stereocenters. The van der Waals surface area contributed by atoms with Crippen molar-refractivity contribution in [3.8, 4) is 0 Å². The molecule has 0 unspecified atom stereocenters. The Hall–Kier alpha value is -1.91. The molecule has 0 N–H and O–H groups in total. The minimum absolute atomic E-state index is 0.0378. The van der Waals surface area contributed by atoms with Crippen LogP contribution in [-0.2, 0) is 19.1 Å². The van der Waals surface area contributed by atoms with Crippen LogP contribution in [0.5, 0.6) is 0 Å². The molecule has 1 aliphatic heterocycles. The van der Waals surface area contributed by atoms with Crippen molar-refractivity contribution in [2.24, 2.45) is 11.8 Å². The number of esters is 1. The van der Waals surface area contributed by atoms with Crippen molar-refractivity contribution in [2.75, 3.05) is 13.7 Å². The van der Waals surface area contributed by atoms with Gasteiger partial charge in [-0.1, -0.05) is 19.1 Å². The van der Waals surface area contributed by atoms with Crippen LogP contribution in [0.1, 0.15) is 52.4 Å². The molecular weight excluding hydrogens is 306 g/mol. The predicted molar refractivity (Wildman–Crippen MR) is 90.9 cm³/mol. The van der Waals surface area contributed by atoms with Crippen molar-refractivity contribution in [3.63, 3.8) is 0 Å². The van der Waals surface area contributed by atoms with E-state index >= 15 is 0 Å². The average Bonchev–Trinajstić information content (AvgIpc) is 2.59. The Balaban J connectivity index is 2.00. The van der Waals surface area contributed by atoms with Crippen molar-refractivity contribution < 1.29 is 19.1 Å². The molecule has 2 amide bonds. The zero-order valence-electron chi connectivity index (χ0n) is 14.8. The second-order valence-corrected chi connectivity index (χ2v) is 6.57. The first-order valence-corrected chi connectivity index (χ1v) is 8.80. The van der Waals surface area contributed by atoms with E-state index in [0.717, 1.165) is 37.7 Å². The summed E-state index contributed by atoms with van der Waals surface area (Å²) in [6.45, 7) is 4.30. The number of ether oxygens (including phenoxy) is 1. The average molecular weight is 333 g/mol. The molecule has 1 saturated heterocycles. The Kier molecular flexibility index (Phi) is 6.35. The fraction of sp³-hybridized carbons (Fsp3) is 0.632. The molecule has 0 aromatic rings. The quantitative estimate of drug-likeness (QED) is 0.451. The van der Waals surface area contributed by atoms with Crippen molar-refractivity contribution in [2.45, 2.75) is 52.4 Å².